The molecule has 1 aliphatic rings. The van der Waals surface area contributed by atoms with Gasteiger partial charge in [0, 0.05) is 13.2 Å². The van der Waals surface area contributed by atoms with Crippen molar-refractivity contribution >= 4 is 0 Å². The molecule has 0 spiro atoms. The van der Waals surface area contributed by atoms with Gasteiger partial charge in [-0.15, -0.1) is 0 Å². The molecule has 0 saturated heterocycles. The molecule has 1 aromatic heterocycles. The van der Waals surface area contributed by atoms with Gasteiger partial charge in [-0.3, -0.25) is 0 Å². The minimum Gasteiger partial charge on any atom is -0.467 e. The van der Waals surface area contributed by atoms with Crippen LogP contribution in [-0.4, -0.2) is 29.9 Å². The van der Waals surface area contributed by atoms with Crippen LogP contribution in [0.3, 0.4) is 0 Å². The first-order valence-corrected chi connectivity index (χ1v) is 6.84. The molecule has 1 heterocycles. The summed E-state index contributed by atoms with van der Waals surface area (Å²) in [5.41, 5.74) is 0. The summed E-state index contributed by atoms with van der Waals surface area (Å²) in [6, 6.07) is 3.56. The summed E-state index contributed by atoms with van der Waals surface area (Å²) in [6.45, 7) is 1.65. The smallest absolute Gasteiger partial charge is 0.133 e. The average molecular weight is 253 g/mol. The van der Waals surface area contributed by atoms with Gasteiger partial charge in [0.1, 0.15) is 11.9 Å². The summed E-state index contributed by atoms with van der Waals surface area (Å²) in [4.78, 5) is 0. The second-order valence-corrected chi connectivity index (χ2v) is 5.18. The van der Waals surface area contributed by atoms with Crippen molar-refractivity contribution in [3.8, 4) is 0 Å². The molecule has 0 bridgehead atoms. The lowest BCUT2D eigenvalue weighted by atomic mass is 9.79. The van der Waals surface area contributed by atoms with Gasteiger partial charge in [-0.25, -0.2) is 0 Å². The highest BCUT2D eigenvalue weighted by Crippen LogP contribution is 2.29. The quantitative estimate of drug-likeness (QED) is 0.722. The molecule has 4 heteroatoms. The van der Waals surface area contributed by atoms with Crippen molar-refractivity contribution in [2.75, 3.05) is 19.7 Å². The number of aliphatic hydroxyl groups excluding tert-OH is 2. The molecular formula is C14H23NO3. The van der Waals surface area contributed by atoms with Crippen LogP contribution in [-0.2, 0) is 0 Å². The maximum Gasteiger partial charge on any atom is 0.133 e. The largest absolute Gasteiger partial charge is 0.467 e. The fourth-order valence-electron chi connectivity index (χ4n) is 2.78. The Balaban J connectivity index is 1.71. The zero-order valence-electron chi connectivity index (χ0n) is 10.7. The average Bonchev–Trinajstić information content (AvgIpc) is 2.93. The van der Waals surface area contributed by atoms with E-state index in [1.54, 1.807) is 18.4 Å². The van der Waals surface area contributed by atoms with Crippen molar-refractivity contribution in [3.05, 3.63) is 24.2 Å². The zero-order valence-corrected chi connectivity index (χ0v) is 10.7. The Morgan fingerprint density at radius 2 is 2.11 bits per heavy atom. The van der Waals surface area contributed by atoms with Crippen molar-refractivity contribution in [1.82, 2.24) is 5.32 Å². The molecule has 4 nitrogen and oxygen atoms in total. The predicted octanol–water partition coefficient (Wildman–Crippen LogP) is 1.70. The van der Waals surface area contributed by atoms with Crippen LogP contribution in [0.2, 0.25) is 0 Å². The molecule has 18 heavy (non-hydrogen) atoms. The van der Waals surface area contributed by atoms with Crippen LogP contribution in [0, 0.1) is 11.8 Å². The Kier molecular flexibility index (Phi) is 5.23. The second-order valence-electron chi connectivity index (χ2n) is 5.18. The molecule has 1 saturated carbocycles. The van der Waals surface area contributed by atoms with Crippen LogP contribution in [0.1, 0.15) is 37.5 Å². The van der Waals surface area contributed by atoms with Gasteiger partial charge in [-0.1, -0.05) is 12.8 Å². The Bertz CT molecular complexity index is 326. The highest BCUT2D eigenvalue weighted by Gasteiger charge is 2.24. The maximum atomic E-state index is 9.86. The van der Waals surface area contributed by atoms with E-state index in [2.05, 4.69) is 5.32 Å². The van der Waals surface area contributed by atoms with Crippen LogP contribution in [0.4, 0.5) is 0 Å². The molecule has 0 aromatic carbocycles. The molecule has 1 fully saturated rings. The van der Waals surface area contributed by atoms with E-state index in [-0.39, 0.29) is 6.61 Å². The molecule has 1 aromatic rings. The number of hydrogen-bond donors (Lipinski definition) is 3. The van der Waals surface area contributed by atoms with Gasteiger partial charge in [-0.05, 0) is 43.4 Å². The molecule has 2 rings (SSSR count). The Morgan fingerprint density at radius 3 is 2.78 bits per heavy atom. The van der Waals surface area contributed by atoms with Crippen LogP contribution < -0.4 is 5.32 Å². The van der Waals surface area contributed by atoms with Crippen molar-refractivity contribution in [1.29, 1.82) is 0 Å². The molecule has 3 atom stereocenters. The molecule has 0 aliphatic heterocycles. The number of nitrogens with one attached hydrogen (secondary N) is 1. The van der Waals surface area contributed by atoms with E-state index < -0.39 is 6.10 Å². The van der Waals surface area contributed by atoms with Crippen molar-refractivity contribution in [3.63, 3.8) is 0 Å². The lowest BCUT2D eigenvalue weighted by Gasteiger charge is -2.30. The van der Waals surface area contributed by atoms with E-state index in [0.29, 0.717) is 24.1 Å². The van der Waals surface area contributed by atoms with Gasteiger partial charge in [0.25, 0.3) is 0 Å². The van der Waals surface area contributed by atoms with E-state index >= 15 is 0 Å². The van der Waals surface area contributed by atoms with Crippen LogP contribution in [0.15, 0.2) is 22.8 Å². The predicted molar refractivity (Wildman–Crippen MR) is 69.1 cm³/mol. The first-order valence-electron chi connectivity index (χ1n) is 6.84. The van der Waals surface area contributed by atoms with Gasteiger partial charge in [0.2, 0.25) is 0 Å². The summed E-state index contributed by atoms with van der Waals surface area (Å²) in [6.07, 6.45) is 5.77. The summed E-state index contributed by atoms with van der Waals surface area (Å²) in [5.74, 6) is 1.56. The van der Waals surface area contributed by atoms with Gasteiger partial charge in [0.15, 0.2) is 0 Å². The number of hydrogen-bond acceptors (Lipinski definition) is 4. The van der Waals surface area contributed by atoms with E-state index in [0.717, 1.165) is 13.0 Å². The highest BCUT2D eigenvalue weighted by molar-refractivity contribution is 5.02. The van der Waals surface area contributed by atoms with Crippen molar-refractivity contribution in [2.45, 2.75) is 31.8 Å². The lowest BCUT2D eigenvalue weighted by Crippen LogP contribution is -2.34. The number of furan rings is 1. The van der Waals surface area contributed by atoms with Gasteiger partial charge >= 0.3 is 0 Å². The standard InChI is InChI=1S/C14H23NO3/c16-10-12-5-2-1-4-11(12)8-15-9-13(17)14-6-3-7-18-14/h3,6-7,11-13,15-17H,1-2,4-5,8-10H2. The molecule has 0 radical (unpaired) electrons. The summed E-state index contributed by atoms with van der Waals surface area (Å²) >= 11 is 0. The minimum absolute atomic E-state index is 0.285. The van der Waals surface area contributed by atoms with Crippen molar-refractivity contribution in [2.24, 2.45) is 11.8 Å². The Hall–Kier alpha value is -0.840. The fourth-order valence-corrected chi connectivity index (χ4v) is 2.78. The summed E-state index contributed by atoms with van der Waals surface area (Å²) in [5, 5.41) is 22.5. The number of rotatable bonds is 6. The molecular weight excluding hydrogens is 230 g/mol. The molecule has 3 unspecified atom stereocenters. The third kappa shape index (κ3) is 3.57. The number of aliphatic hydroxyl groups is 2. The van der Waals surface area contributed by atoms with Crippen LogP contribution in [0.5, 0.6) is 0 Å². The van der Waals surface area contributed by atoms with E-state index in [9.17, 15) is 10.2 Å². The van der Waals surface area contributed by atoms with Crippen molar-refractivity contribution < 1.29 is 14.6 Å². The monoisotopic (exact) mass is 253 g/mol. The Morgan fingerprint density at radius 1 is 1.33 bits per heavy atom. The Labute approximate surface area is 108 Å². The van der Waals surface area contributed by atoms with Gasteiger partial charge < -0.3 is 19.9 Å². The minimum atomic E-state index is -0.587. The van der Waals surface area contributed by atoms with E-state index in [1.807, 2.05) is 0 Å². The topological polar surface area (TPSA) is 65.6 Å². The molecule has 0 amide bonds. The normalized spacial score (nSPS) is 26.1. The molecule has 102 valence electrons. The van der Waals surface area contributed by atoms with Crippen LogP contribution in [0.25, 0.3) is 0 Å². The molecule has 1 aliphatic carbocycles. The molecule has 3 N–H and O–H groups in total. The highest BCUT2D eigenvalue weighted by atomic mass is 16.4. The summed E-state index contributed by atoms with van der Waals surface area (Å²) in [7, 11) is 0. The lowest BCUT2D eigenvalue weighted by molar-refractivity contribution is 0.119. The van der Waals surface area contributed by atoms with E-state index in [1.165, 1.54) is 19.3 Å². The first-order chi connectivity index (χ1) is 8.81. The van der Waals surface area contributed by atoms with Gasteiger partial charge in [0.05, 0.1) is 6.26 Å². The third-order valence-electron chi connectivity index (χ3n) is 3.92. The van der Waals surface area contributed by atoms with Crippen LogP contribution >= 0.6 is 0 Å². The SMILES string of the molecule is OCC1CCCCC1CNCC(O)c1ccco1. The third-order valence-corrected chi connectivity index (χ3v) is 3.92. The fraction of sp³-hybridized carbons (Fsp3) is 0.714. The first kappa shape index (κ1) is 13.6. The zero-order chi connectivity index (χ0) is 12.8. The maximum absolute atomic E-state index is 9.86. The van der Waals surface area contributed by atoms with Gasteiger partial charge in [-0.2, -0.15) is 0 Å². The summed E-state index contributed by atoms with van der Waals surface area (Å²) < 4.78 is 5.15. The second kappa shape index (κ2) is 6.92. The van der Waals surface area contributed by atoms with E-state index in [4.69, 9.17) is 4.42 Å².